The summed E-state index contributed by atoms with van der Waals surface area (Å²) >= 11 is 0. The van der Waals surface area contributed by atoms with E-state index in [-0.39, 0.29) is 5.82 Å². The molecule has 62 valence electrons. The van der Waals surface area contributed by atoms with Crippen LogP contribution in [0.5, 0.6) is 0 Å². The van der Waals surface area contributed by atoms with Gasteiger partial charge in [0.1, 0.15) is 11.8 Å². The van der Waals surface area contributed by atoms with Crippen molar-refractivity contribution >= 4 is 11.5 Å². The highest BCUT2D eigenvalue weighted by atomic mass is 19.1. The summed E-state index contributed by atoms with van der Waals surface area (Å²) in [5.74, 6) is 1.42. The SMILES string of the molecule is CC(=C=O)c1cc(F)ccc1C. The molecule has 0 aliphatic carbocycles. The van der Waals surface area contributed by atoms with Gasteiger partial charge in [0, 0.05) is 5.57 Å². The molecule has 0 spiro atoms. The number of halogens is 1. The molecular formula is C10H9FO. The molecule has 2 heteroatoms. The molecule has 0 N–H and O–H groups in total. The normalized spacial score (nSPS) is 9.25. The first-order chi connectivity index (χ1) is 5.65. The quantitative estimate of drug-likeness (QED) is 0.582. The van der Waals surface area contributed by atoms with Gasteiger partial charge in [-0.15, -0.1) is 0 Å². The van der Waals surface area contributed by atoms with Crippen molar-refractivity contribution in [3.63, 3.8) is 0 Å². The van der Waals surface area contributed by atoms with Gasteiger partial charge in [0.05, 0.1) is 0 Å². The molecule has 0 bridgehead atoms. The summed E-state index contributed by atoms with van der Waals surface area (Å²) in [6.45, 7) is 3.45. The number of benzene rings is 1. The summed E-state index contributed by atoms with van der Waals surface area (Å²) in [5.41, 5.74) is 1.95. The lowest BCUT2D eigenvalue weighted by Crippen LogP contribution is -1.87. The van der Waals surface area contributed by atoms with Crippen LogP contribution in [0.15, 0.2) is 18.2 Å². The van der Waals surface area contributed by atoms with Crippen molar-refractivity contribution < 1.29 is 9.18 Å². The molecular weight excluding hydrogens is 155 g/mol. The molecule has 0 atom stereocenters. The van der Waals surface area contributed by atoms with E-state index in [1.165, 1.54) is 12.1 Å². The molecule has 0 aliphatic rings. The summed E-state index contributed by atoms with van der Waals surface area (Å²) in [7, 11) is 0. The molecule has 0 aliphatic heterocycles. The first-order valence-corrected chi connectivity index (χ1v) is 3.63. The Balaban J connectivity index is 3.32. The molecule has 0 saturated heterocycles. The van der Waals surface area contributed by atoms with Crippen molar-refractivity contribution in [3.05, 3.63) is 35.1 Å². The summed E-state index contributed by atoms with van der Waals surface area (Å²) in [4.78, 5) is 10.3. The van der Waals surface area contributed by atoms with E-state index in [0.717, 1.165) is 5.56 Å². The van der Waals surface area contributed by atoms with Crippen LogP contribution >= 0.6 is 0 Å². The lowest BCUT2D eigenvalue weighted by molar-refractivity contribution is 0.569. The van der Waals surface area contributed by atoms with Gasteiger partial charge in [0.25, 0.3) is 0 Å². The van der Waals surface area contributed by atoms with Gasteiger partial charge in [-0.05, 0) is 37.1 Å². The fourth-order valence-electron chi connectivity index (χ4n) is 1.05. The van der Waals surface area contributed by atoms with E-state index >= 15 is 0 Å². The molecule has 0 aromatic heterocycles. The van der Waals surface area contributed by atoms with Crippen molar-refractivity contribution in [1.29, 1.82) is 0 Å². The van der Waals surface area contributed by atoms with Gasteiger partial charge in [0.2, 0.25) is 0 Å². The van der Waals surface area contributed by atoms with E-state index in [1.807, 2.05) is 6.92 Å². The zero-order chi connectivity index (χ0) is 9.14. The number of hydrogen-bond donors (Lipinski definition) is 0. The number of hydrogen-bond acceptors (Lipinski definition) is 1. The number of aryl methyl sites for hydroxylation is 1. The third-order valence-electron chi connectivity index (χ3n) is 1.76. The predicted molar refractivity (Wildman–Crippen MR) is 45.9 cm³/mol. The standard InChI is InChI=1S/C10H9FO/c1-7-3-4-9(11)5-10(7)8(2)6-12/h3-5H,1-2H3. The first kappa shape index (κ1) is 8.69. The van der Waals surface area contributed by atoms with E-state index in [9.17, 15) is 9.18 Å². The monoisotopic (exact) mass is 164 g/mol. The molecule has 0 radical (unpaired) electrons. The average molecular weight is 164 g/mol. The maximum Gasteiger partial charge on any atom is 0.128 e. The van der Waals surface area contributed by atoms with Crippen molar-refractivity contribution in [2.24, 2.45) is 0 Å². The molecule has 0 fully saturated rings. The minimum absolute atomic E-state index is 0.329. The third kappa shape index (κ3) is 1.60. The number of carbonyl (C=O) groups excluding carboxylic acids is 1. The van der Waals surface area contributed by atoms with Gasteiger partial charge in [0.15, 0.2) is 0 Å². The highest BCUT2D eigenvalue weighted by molar-refractivity contribution is 5.87. The van der Waals surface area contributed by atoms with Crippen molar-refractivity contribution in [2.75, 3.05) is 0 Å². The Morgan fingerprint density at radius 2 is 2.17 bits per heavy atom. The number of allylic oxidation sites excluding steroid dienone is 1. The van der Waals surface area contributed by atoms with Crippen molar-refractivity contribution in [2.45, 2.75) is 13.8 Å². The molecule has 0 saturated carbocycles. The predicted octanol–water partition coefficient (Wildman–Crippen LogP) is 2.37. The Morgan fingerprint density at radius 1 is 1.50 bits per heavy atom. The van der Waals surface area contributed by atoms with Crippen LogP contribution in [-0.2, 0) is 4.79 Å². The number of rotatable bonds is 1. The molecule has 0 amide bonds. The minimum Gasteiger partial charge on any atom is -0.233 e. The Labute approximate surface area is 70.5 Å². The highest BCUT2D eigenvalue weighted by Crippen LogP contribution is 2.16. The molecule has 0 heterocycles. The van der Waals surface area contributed by atoms with Crippen LogP contribution in [0.4, 0.5) is 4.39 Å². The summed E-state index contributed by atoms with van der Waals surface area (Å²) in [6.07, 6.45) is 0. The fourth-order valence-corrected chi connectivity index (χ4v) is 1.05. The van der Waals surface area contributed by atoms with E-state index < -0.39 is 0 Å². The van der Waals surface area contributed by atoms with E-state index in [1.54, 1.807) is 18.9 Å². The van der Waals surface area contributed by atoms with Crippen LogP contribution in [-0.4, -0.2) is 5.94 Å². The largest absolute Gasteiger partial charge is 0.233 e. The molecule has 12 heavy (non-hydrogen) atoms. The molecule has 1 aromatic carbocycles. The second-order valence-corrected chi connectivity index (χ2v) is 2.69. The molecule has 1 rings (SSSR count). The second-order valence-electron chi connectivity index (χ2n) is 2.69. The Hall–Kier alpha value is -1.40. The summed E-state index contributed by atoms with van der Waals surface area (Å²) in [6, 6.07) is 4.36. The van der Waals surface area contributed by atoms with E-state index in [2.05, 4.69) is 0 Å². The van der Waals surface area contributed by atoms with Crippen LogP contribution in [0.25, 0.3) is 5.57 Å². The Kier molecular flexibility index (Phi) is 2.41. The summed E-state index contributed by atoms with van der Waals surface area (Å²) in [5, 5.41) is 0. The Morgan fingerprint density at radius 3 is 2.75 bits per heavy atom. The second kappa shape index (κ2) is 3.33. The first-order valence-electron chi connectivity index (χ1n) is 3.63. The maximum absolute atomic E-state index is 12.7. The van der Waals surface area contributed by atoms with Gasteiger partial charge in [-0.1, -0.05) is 6.07 Å². The molecule has 0 unspecified atom stereocenters. The smallest absolute Gasteiger partial charge is 0.128 e. The zero-order valence-electron chi connectivity index (χ0n) is 7.02. The van der Waals surface area contributed by atoms with Gasteiger partial charge in [-0.3, -0.25) is 0 Å². The third-order valence-corrected chi connectivity index (χ3v) is 1.76. The van der Waals surface area contributed by atoms with Crippen LogP contribution in [0.1, 0.15) is 18.1 Å². The molecule has 1 nitrogen and oxygen atoms in total. The van der Waals surface area contributed by atoms with E-state index in [4.69, 9.17) is 0 Å². The van der Waals surface area contributed by atoms with Gasteiger partial charge in [-0.2, -0.15) is 0 Å². The Bertz CT molecular complexity index is 349. The van der Waals surface area contributed by atoms with Crippen LogP contribution < -0.4 is 0 Å². The van der Waals surface area contributed by atoms with E-state index in [0.29, 0.717) is 11.1 Å². The lowest BCUT2D eigenvalue weighted by atomic mass is 10.0. The van der Waals surface area contributed by atoms with Crippen LogP contribution in [0, 0.1) is 12.7 Å². The summed E-state index contributed by atoms with van der Waals surface area (Å²) < 4.78 is 12.7. The van der Waals surface area contributed by atoms with Crippen molar-refractivity contribution in [3.8, 4) is 0 Å². The highest BCUT2D eigenvalue weighted by Gasteiger charge is 2.02. The van der Waals surface area contributed by atoms with Gasteiger partial charge >= 0.3 is 0 Å². The van der Waals surface area contributed by atoms with Gasteiger partial charge in [-0.25, -0.2) is 9.18 Å². The zero-order valence-corrected chi connectivity index (χ0v) is 7.02. The lowest BCUT2D eigenvalue weighted by Gasteiger charge is -2.01. The molecule has 1 aromatic rings. The average Bonchev–Trinajstić information content (AvgIpc) is 2.08. The van der Waals surface area contributed by atoms with Crippen LogP contribution in [0.3, 0.4) is 0 Å². The maximum atomic E-state index is 12.7. The van der Waals surface area contributed by atoms with Crippen LogP contribution in [0.2, 0.25) is 0 Å². The van der Waals surface area contributed by atoms with Crippen molar-refractivity contribution in [1.82, 2.24) is 0 Å². The van der Waals surface area contributed by atoms with Gasteiger partial charge < -0.3 is 0 Å². The minimum atomic E-state index is -0.329. The topological polar surface area (TPSA) is 17.1 Å². The fraction of sp³-hybridized carbons (Fsp3) is 0.200.